The van der Waals surface area contributed by atoms with E-state index in [0.29, 0.717) is 18.0 Å². The zero-order valence-electron chi connectivity index (χ0n) is 20.1. The number of benzene rings is 1. The molecule has 0 unspecified atom stereocenters. The van der Waals surface area contributed by atoms with Crippen molar-refractivity contribution in [2.45, 2.75) is 57.5 Å². The third-order valence-corrected chi connectivity index (χ3v) is 7.80. The molecule has 0 spiro atoms. The fourth-order valence-electron chi connectivity index (χ4n) is 5.46. The molecule has 0 aliphatic carbocycles. The van der Waals surface area contributed by atoms with Crippen LogP contribution in [0.2, 0.25) is 5.02 Å². The Kier molecular flexibility index (Phi) is 6.79. The number of piperidine rings is 2. The monoisotopic (exact) mass is 479 g/mol. The van der Waals surface area contributed by atoms with Crippen molar-refractivity contribution in [2.75, 3.05) is 26.2 Å². The summed E-state index contributed by atoms with van der Waals surface area (Å²) in [6, 6.07) is 11.0. The number of amides is 2. The van der Waals surface area contributed by atoms with Crippen LogP contribution in [0, 0.1) is 0 Å². The van der Waals surface area contributed by atoms with Gasteiger partial charge < -0.3 is 19.7 Å². The molecule has 2 aliphatic rings. The van der Waals surface area contributed by atoms with Gasteiger partial charge in [-0.25, -0.2) is 4.79 Å². The minimum atomic E-state index is 0.106. The first-order valence-corrected chi connectivity index (χ1v) is 12.9. The van der Waals surface area contributed by atoms with Crippen LogP contribution in [0.25, 0.3) is 16.6 Å². The van der Waals surface area contributed by atoms with E-state index in [0.717, 1.165) is 68.1 Å². The number of nitrogens with one attached hydrogen (secondary N) is 1. The molecular formula is C27H34ClN5O. The maximum atomic E-state index is 12.9. The number of pyridine rings is 1. The number of fused-ring (bicyclic) bond motifs is 1. The molecule has 3 aromatic rings. The number of aromatic nitrogens is 2. The van der Waals surface area contributed by atoms with Gasteiger partial charge in [-0.15, -0.1) is 0 Å². The van der Waals surface area contributed by atoms with Crippen LogP contribution in [-0.2, 0) is 0 Å². The van der Waals surface area contributed by atoms with E-state index in [1.54, 1.807) is 0 Å². The van der Waals surface area contributed by atoms with Crippen LogP contribution in [0.4, 0.5) is 4.79 Å². The molecule has 5 rings (SSSR count). The molecule has 2 amide bonds. The number of nitrogens with zero attached hydrogens (tertiary/aromatic N) is 4. The lowest BCUT2D eigenvalue weighted by atomic mass is 9.89. The molecule has 7 heteroatoms. The molecular weight excluding hydrogens is 446 g/mol. The van der Waals surface area contributed by atoms with E-state index in [-0.39, 0.29) is 6.03 Å². The molecule has 0 radical (unpaired) electrons. The smallest absolute Gasteiger partial charge is 0.317 e. The molecule has 34 heavy (non-hydrogen) atoms. The Morgan fingerprint density at radius 2 is 1.74 bits per heavy atom. The van der Waals surface area contributed by atoms with Gasteiger partial charge in [0.15, 0.2) is 0 Å². The number of hydrogen-bond donors (Lipinski definition) is 1. The Morgan fingerprint density at radius 3 is 2.41 bits per heavy atom. The van der Waals surface area contributed by atoms with Gasteiger partial charge in [-0.1, -0.05) is 11.6 Å². The van der Waals surface area contributed by atoms with Crippen LogP contribution in [0.1, 0.15) is 51.0 Å². The number of likely N-dealkylation sites (tertiary alicyclic amines) is 2. The topological polar surface area (TPSA) is 53.4 Å². The van der Waals surface area contributed by atoms with Crippen molar-refractivity contribution >= 4 is 28.5 Å². The number of halogens is 1. The highest BCUT2D eigenvalue weighted by Gasteiger charge is 2.28. The van der Waals surface area contributed by atoms with Crippen molar-refractivity contribution in [2.24, 2.45) is 0 Å². The van der Waals surface area contributed by atoms with Gasteiger partial charge in [0, 0.05) is 66.8 Å². The van der Waals surface area contributed by atoms with Gasteiger partial charge in [-0.3, -0.25) is 4.98 Å². The van der Waals surface area contributed by atoms with Gasteiger partial charge in [0.2, 0.25) is 0 Å². The second-order valence-corrected chi connectivity index (χ2v) is 10.4. The fourth-order valence-corrected chi connectivity index (χ4v) is 5.59. The summed E-state index contributed by atoms with van der Waals surface area (Å²) in [5, 5.41) is 5.27. The van der Waals surface area contributed by atoms with Gasteiger partial charge in [0.05, 0.1) is 11.7 Å². The number of hydrogen-bond acceptors (Lipinski definition) is 3. The highest BCUT2D eigenvalue weighted by Crippen LogP contribution is 2.35. The molecule has 180 valence electrons. The molecule has 0 saturated carbocycles. The zero-order valence-corrected chi connectivity index (χ0v) is 20.8. The molecule has 6 nitrogen and oxygen atoms in total. The molecule has 2 fully saturated rings. The molecule has 2 aromatic heterocycles. The van der Waals surface area contributed by atoms with E-state index in [1.807, 2.05) is 41.6 Å². The highest BCUT2D eigenvalue weighted by atomic mass is 35.5. The van der Waals surface area contributed by atoms with Crippen LogP contribution in [-0.4, -0.2) is 63.6 Å². The standard InChI is InChI=1S/C27H34ClN5O/c1-19(2)31-15-10-22(11-16-31)30-27(34)32-13-8-20(9-14-32)25-18-33(23-5-3-21(28)4-6-23)26-17-29-12-7-24(25)26/h3-7,12,17-20,22H,8-11,13-16H2,1-2H3,(H,30,34). The summed E-state index contributed by atoms with van der Waals surface area (Å²) in [7, 11) is 0. The Morgan fingerprint density at radius 1 is 1.03 bits per heavy atom. The summed E-state index contributed by atoms with van der Waals surface area (Å²) < 4.78 is 2.20. The predicted octanol–water partition coefficient (Wildman–Crippen LogP) is 5.44. The third-order valence-electron chi connectivity index (χ3n) is 7.55. The number of urea groups is 1. The van der Waals surface area contributed by atoms with Gasteiger partial charge in [-0.2, -0.15) is 0 Å². The lowest BCUT2D eigenvalue weighted by molar-refractivity contribution is 0.147. The predicted molar refractivity (Wildman–Crippen MR) is 138 cm³/mol. The van der Waals surface area contributed by atoms with Crippen molar-refractivity contribution < 1.29 is 4.79 Å². The van der Waals surface area contributed by atoms with E-state index in [2.05, 4.69) is 45.9 Å². The molecule has 2 saturated heterocycles. The second-order valence-electron chi connectivity index (χ2n) is 9.94. The molecule has 4 heterocycles. The van der Waals surface area contributed by atoms with Crippen LogP contribution in [0.3, 0.4) is 0 Å². The number of carbonyl (C=O) groups is 1. The third kappa shape index (κ3) is 4.80. The molecule has 1 aromatic carbocycles. The number of rotatable bonds is 4. The normalized spacial score (nSPS) is 18.6. The molecule has 0 atom stereocenters. The maximum Gasteiger partial charge on any atom is 0.317 e. The highest BCUT2D eigenvalue weighted by molar-refractivity contribution is 6.30. The summed E-state index contributed by atoms with van der Waals surface area (Å²) >= 11 is 6.10. The fraction of sp³-hybridized carbons (Fsp3) is 0.481. The van der Waals surface area contributed by atoms with Gasteiger partial charge >= 0.3 is 6.03 Å². The summed E-state index contributed by atoms with van der Waals surface area (Å²) in [6.07, 6.45) is 10.1. The Labute approximate surface area is 206 Å². The van der Waals surface area contributed by atoms with Crippen molar-refractivity contribution in [1.29, 1.82) is 0 Å². The average Bonchev–Trinajstić information content (AvgIpc) is 3.25. The summed E-state index contributed by atoms with van der Waals surface area (Å²) in [6.45, 7) is 8.20. The van der Waals surface area contributed by atoms with Crippen LogP contribution < -0.4 is 5.32 Å². The minimum absolute atomic E-state index is 0.106. The summed E-state index contributed by atoms with van der Waals surface area (Å²) in [4.78, 5) is 21.8. The first-order valence-electron chi connectivity index (χ1n) is 12.5. The zero-order chi connectivity index (χ0) is 23.7. The van der Waals surface area contributed by atoms with E-state index >= 15 is 0 Å². The summed E-state index contributed by atoms with van der Waals surface area (Å²) in [5.74, 6) is 0.428. The lowest BCUT2D eigenvalue weighted by Gasteiger charge is -2.37. The Balaban J connectivity index is 1.24. The number of carbonyl (C=O) groups excluding carboxylic acids is 1. The Hall–Kier alpha value is -2.57. The summed E-state index contributed by atoms with van der Waals surface area (Å²) in [5.41, 5.74) is 3.52. The van der Waals surface area contributed by atoms with Crippen LogP contribution >= 0.6 is 11.6 Å². The van der Waals surface area contributed by atoms with E-state index in [4.69, 9.17) is 11.6 Å². The van der Waals surface area contributed by atoms with Gasteiger partial charge in [-0.05, 0) is 81.3 Å². The SMILES string of the molecule is CC(C)N1CCC(NC(=O)N2CCC(c3cn(-c4ccc(Cl)cc4)c4cnccc34)CC2)CC1. The van der Waals surface area contributed by atoms with Gasteiger partial charge in [0.25, 0.3) is 0 Å². The lowest BCUT2D eigenvalue weighted by Crippen LogP contribution is -2.51. The van der Waals surface area contributed by atoms with Crippen molar-refractivity contribution in [3.8, 4) is 5.69 Å². The molecule has 2 aliphatic heterocycles. The van der Waals surface area contributed by atoms with Gasteiger partial charge in [0.1, 0.15) is 0 Å². The Bertz CT molecular complexity index is 1130. The van der Waals surface area contributed by atoms with Crippen molar-refractivity contribution in [3.63, 3.8) is 0 Å². The molecule has 0 bridgehead atoms. The maximum absolute atomic E-state index is 12.9. The first-order chi connectivity index (χ1) is 16.5. The minimum Gasteiger partial charge on any atom is -0.335 e. The average molecular weight is 480 g/mol. The van der Waals surface area contributed by atoms with E-state index < -0.39 is 0 Å². The largest absolute Gasteiger partial charge is 0.335 e. The quantitative estimate of drug-likeness (QED) is 0.542. The molecule has 1 N–H and O–H groups in total. The second kappa shape index (κ2) is 9.96. The van der Waals surface area contributed by atoms with E-state index in [9.17, 15) is 4.79 Å². The van der Waals surface area contributed by atoms with E-state index in [1.165, 1.54) is 10.9 Å². The van der Waals surface area contributed by atoms with Crippen LogP contribution in [0.5, 0.6) is 0 Å². The van der Waals surface area contributed by atoms with Crippen LogP contribution in [0.15, 0.2) is 48.9 Å². The van der Waals surface area contributed by atoms with Crippen molar-refractivity contribution in [1.82, 2.24) is 24.7 Å². The first kappa shape index (κ1) is 23.2. The van der Waals surface area contributed by atoms with Crippen molar-refractivity contribution in [3.05, 3.63) is 59.5 Å².